The molecule has 0 amide bonds. The summed E-state index contributed by atoms with van der Waals surface area (Å²) in [6, 6.07) is 6.33. The molecule has 1 aromatic carbocycles. The van der Waals surface area contributed by atoms with E-state index in [1.807, 2.05) is 6.07 Å². The zero-order chi connectivity index (χ0) is 13.8. The maximum atomic E-state index is 5.75. The van der Waals surface area contributed by atoms with E-state index in [0.29, 0.717) is 0 Å². The van der Waals surface area contributed by atoms with Crippen LogP contribution >= 0.6 is 0 Å². The smallest absolute Gasteiger partial charge is 0.161 e. The van der Waals surface area contributed by atoms with Crippen LogP contribution in [0.25, 0.3) is 0 Å². The largest absolute Gasteiger partial charge is 0.490 e. The number of ether oxygens (including phenoxy) is 2. The van der Waals surface area contributed by atoms with Crippen LogP contribution in [0.2, 0.25) is 0 Å². The first-order valence-corrected chi connectivity index (χ1v) is 7.66. The Morgan fingerprint density at radius 1 is 1.10 bits per heavy atom. The van der Waals surface area contributed by atoms with Gasteiger partial charge in [0, 0.05) is 13.0 Å². The Hall–Kier alpha value is -1.26. The van der Waals surface area contributed by atoms with Gasteiger partial charge in [0.2, 0.25) is 0 Å². The fourth-order valence-electron chi connectivity index (χ4n) is 2.94. The van der Waals surface area contributed by atoms with Gasteiger partial charge in [0.25, 0.3) is 0 Å². The van der Waals surface area contributed by atoms with Crippen molar-refractivity contribution in [2.45, 2.75) is 25.8 Å². The predicted octanol–water partition coefficient (Wildman–Crippen LogP) is 2.02. The molecule has 20 heavy (non-hydrogen) atoms. The molecular formula is C16H24N2O2. The molecule has 0 radical (unpaired) electrons. The highest BCUT2D eigenvalue weighted by atomic mass is 16.5. The summed E-state index contributed by atoms with van der Waals surface area (Å²) < 4.78 is 11.4. The summed E-state index contributed by atoms with van der Waals surface area (Å²) in [7, 11) is 0. The molecule has 4 nitrogen and oxygen atoms in total. The summed E-state index contributed by atoms with van der Waals surface area (Å²) in [5.41, 5.74) is 7.05. The zero-order valence-corrected chi connectivity index (χ0v) is 12.0. The third-order valence-corrected chi connectivity index (χ3v) is 4.26. The van der Waals surface area contributed by atoms with E-state index in [1.165, 1.54) is 18.4 Å². The van der Waals surface area contributed by atoms with Gasteiger partial charge in [-0.05, 0) is 56.1 Å². The number of rotatable bonds is 3. The number of nitrogens with zero attached hydrogens (tertiary/aromatic N) is 1. The molecule has 2 N–H and O–H groups in total. The minimum atomic E-state index is 0.718. The summed E-state index contributed by atoms with van der Waals surface area (Å²) in [6.07, 6.45) is 3.40. The molecule has 0 saturated carbocycles. The normalized spacial score (nSPS) is 20.6. The Kier molecular flexibility index (Phi) is 4.43. The topological polar surface area (TPSA) is 47.7 Å². The third-order valence-electron chi connectivity index (χ3n) is 4.26. The Labute approximate surface area is 120 Å². The zero-order valence-electron chi connectivity index (χ0n) is 12.0. The lowest BCUT2D eigenvalue weighted by atomic mass is 9.97. The first-order chi connectivity index (χ1) is 9.85. The van der Waals surface area contributed by atoms with Crippen molar-refractivity contribution in [1.82, 2.24) is 4.90 Å². The van der Waals surface area contributed by atoms with Gasteiger partial charge in [-0.25, -0.2) is 0 Å². The quantitative estimate of drug-likeness (QED) is 0.917. The molecule has 3 rings (SSSR count). The summed E-state index contributed by atoms with van der Waals surface area (Å²) in [5.74, 6) is 2.50. The Morgan fingerprint density at radius 2 is 1.85 bits per heavy atom. The van der Waals surface area contributed by atoms with Crippen LogP contribution in [0, 0.1) is 5.92 Å². The molecule has 1 saturated heterocycles. The van der Waals surface area contributed by atoms with Crippen molar-refractivity contribution < 1.29 is 9.47 Å². The number of hydrogen-bond donors (Lipinski definition) is 1. The molecule has 110 valence electrons. The average Bonchev–Trinajstić information content (AvgIpc) is 2.73. The minimum absolute atomic E-state index is 0.718. The van der Waals surface area contributed by atoms with Crippen molar-refractivity contribution >= 4 is 0 Å². The van der Waals surface area contributed by atoms with Crippen LogP contribution in [-0.2, 0) is 6.54 Å². The van der Waals surface area contributed by atoms with Crippen molar-refractivity contribution in [3.05, 3.63) is 23.8 Å². The van der Waals surface area contributed by atoms with Gasteiger partial charge in [-0.2, -0.15) is 0 Å². The van der Waals surface area contributed by atoms with Crippen molar-refractivity contribution in [2.24, 2.45) is 11.7 Å². The van der Waals surface area contributed by atoms with Gasteiger partial charge in [-0.15, -0.1) is 0 Å². The second-order valence-corrected chi connectivity index (χ2v) is 5.79. The molecule has 0 unspecified atom stereocenters. The molecule has 2 aliphatic rings. The van der Waals surface area contributed by atoms with Crippen LogP contribution < -0.4 is 15.2 Å². The van der Waals surface area contributed by atoms with Gasteiger partial charge in [-0.3, -0.25) is 4.90 Å². The maximum absolute atomic E-state index is 5.75. The third kappa shape index (κ3) is 3.25. The molecular weight excluding hydrogens is 252 g/mol. The lowest BCUT2D eigenvalue weighted by Crippen LogP contribution is -2.35. The molecule has 0 atom stereocenters. The molecule has 0 spiro atoms. The van der Waals surface area contributed by atoms with Gasteiger partial charge in [0.15, 0.2) is 11.5 Å². The highest BCUT2D eigenvalue weighted by molar-refractivity contribution is 5.43. The molecule has 4 heteroatoms. The Morgan fingerprint density at radius 3 is 2.60 bits per heavy atom. The van der Waals surface area contributed by atoms with Crippen molar-refractivity contribution in [3.63, 3.8) is 0 Å². The summed E-state index contributed by atoms with van der Waals surface area (Å²) in [5, 5.41) is 0. The van der Waals surface area contributed by atoms with E-state index in [-0.39, 0.29) is 0 Å². The lowest BCUT2D eigenvalue weighted by Gasteiger charge is -2.31. The fourth-order valence-corrected chi connectivity index (χ4v) is 2.94. The second kappa shape index (κ2) is 6.46. The molecule has 1 fully saturated rings. The van der Waals surface area contributed by atoms with E-state index in [0.717, 1.165) is 63.2 Å². The first kappa shape index (κ1) is 13.7. The van der Waals surface area contributed by atoms with Gasteiger partial charge < -0.3 is 15.2 Å². The molecule has 2 aliphatic heterocycles. The first-order valence-electron chi connectivity index (χ1n) is 7.66. The van der Waals surface area contributed by atoms with Crippen molar-refractivity contribution in [1.29, 1.82) is 0 Å². The Bertz CT molecular complexity index is 442. The van der Waals surface area contributed by atoms with E-state index in [2.05, 4.69) is 17.0 Å². The summed E-state index contributed by atoms with van der Waals surface area (Å²) in [4.78, 5) is 2.51. The molecule has 2 heterocycles. The van der Waals surface area contributed by atoms with Gasteiger partial charge >= 0.3 is 0 Å². The van der Waals surface area contributed by atoms with Gasteiger partial charge in [-0.1, -0.05) is 6.07 Å². The van der Waals surface area contributed by atoms with E-state index in [1.54, 1.807) is 0 Å². The lowest BCUT2D eigenvalue weighted by molar-refractivity contribution is 0.180. The molecule has 0 aliphatic carbocycles. The molecule has 0 bridgehead atoms. The van der Waals surface area contributed by atoms with Crippen molar-refractivity contribution in [3.8, 4) is 11.5 Å². The number of fused-ring (bicyclic) bond motifs is 1. The minimum Gasteiger partial charge on any atom is -0.490 e. The number of nitrogens with two attached hydrogens (primary N) is 1. The van der Waals surface area contributed by atoms with Gasteiger partial charge in [0.1, 0.15) is 0 Å². The van der Waals surface area contributed by atoms with E-state index in [4.69, 9.17) is 15.2 Å². The van der Waals surface area contributed by atoms with Crippen LogP contribution in [-0.4, -0.2) is 37.7 Å². The van der Waals surface area contributed by atoms with Gasteiger partial charge in [0.05, 0.1) is 13.2 Å². The van der Waals surface area contributed by atoms with E-state index in [9.17, 15) is 0 Å². The van der Waals surface area contributed by atoms with E-state index >= 15 is 0 Å². The SMILES string of the molecule is NCC1CCN(Cc2ccc3c(c2)OCCCO3)CC1. The Balaban J connectivity index is 1.62. The maximum Gasteiger partial charge on any atom is 0.161 e. The van der Waals surface area contributed by atoms with Crippen LogP contribution in [0.1, 0.15) is 24.8 Å². The monoisotopic (exact) mass is 276 g/mol. The van der Waals surface area contributed by atoms with Crippen LogP contribution in [0.4, 0.5) is 0 Å². The summed E-state index contributed by atoms with van der Waals surface area (Å²) in [6.45, 7) is 5.62. The van der Waals surface area contributed by atoms with Crippen LogP contribution in [0.15, 0.2) is 18.2 Å². The number of piperidine rings is 1. The number of likely N-dealkylation sites (tertiary alicyclic amines) is 1. The highest BCUT2D eigenvalue weighted by Gasteiger charge is 2.18. The fraction of sp³-hybridized carbons (Fsp3) is 0.625. The van der Waals surface area contributed by atoms with Crippen molar-refractivity contribution in [2.75, 3.05) is 32.8 Å². The standard InChI is InChI=1S/C16H24N2O2/c17-11-13-4-6-18(7-5-13)12-14-2-3-15-16(10-14)20-9-1-8-19-15/h2-3,10,13H,1,4-9,11-12,17H2. The summed E-state index contributed by atoms with van der Waals surface area (Å²) >= 11 is 0. The number of hydrogen-bond acceptors (Lipinski definition) is 4. The number of benzene rings is 1. The average molecular weight is 276 g/mol. The van der Waals surface area contributed by atoms with E-state index < -0.39 is 0 Å². The molecule has 1 aromatic rings. The second-order valence-electron chi connectivity index (χ2n) is 5.79. The molecule has 0 aromatic heterocycles. The van der Waals surface area contributed by atoms with Crippen LogP contribution in [0.3, 0.4) is 0 Å². The van der Waals surface area contributed by atoms with Crippen LogP contribution in [0.5, 0.6) is 11.5 Å². The predicted molar refractivity (Wildman–Crippen MR) is 79.1 cm³/mol. The highest BCUT2D eigenvalue weighted by Crippen LogP contribution is 2.31.